The second kappa shape index (κ2) is 8.91. The third-order valence-electron chi connectivity index (χ3n) is 4.37. The van der Waals surface area contributed by atoms with Gasteiger partial charge in [0, 0.05) is 22.9 Å². The molecule has 0 fully saturated rings. The van der Waals surface area contributed by atoms with E-state index in [4.69, 9.17) is 4.74 Å². The molecule has 0 aliphatic carbocycles. The fourth-order valence-corrected chi connectivity index (χ4v) is 5.02. The maximum atomic E-state index is 12.5. The molecule has 1 N–H and O–H groups in total. The Morgan fingerprint density at radius 3 is 2.74 bits per heavy atom. The van der Waals surface area contributed by atoms with Crippen molar-refractivity contribution in [2.24, 2.45) is 0 Å². The summed E-state index contributed by atoms with van der Waals surface area (Å²) in [7, 11) is 2.06. The minimum absolute atomic E-state index is 0.113. The number of thiophene rings is 1. The van der Waals surface area contributed by atoms with Crippen molar-refractivity contribution in [3.63, 3.8) is 0 Å². The number of amides is 1. The smallest absolute Gasteiger partial charge is 0.341 e. The van der Waals surface area contributed by atoms with Gasteiger partial charge in [0.1, 0.15) is 5.00 Å². The van der Waals surface area contributed by atoms with E-state index < -0.39 is 0 Å². The van der Waals surface area contributed by atoms with Crippen LogP contribution in [0.15, 0.2) is 29.2 Å². The van der Waals surface area contributed by atoms with Crippen LogP contribution in [0, 0.1) is 6.92 Å². The molecular formula is C20H24N2O3S2. The van der Waals surface area contributed by atoms with Gasteiger partial charge in [-0.1, -0.05) is 17.7 Å². The molecular weight excluding hydrogens is 380 g/mol. The number of nitrogens with zero attached hydrogens (tertiary/aromatic N) is 1. The van der Waals surface area contributed by atoms with Gasteiger partial charge in [0.2, 0.25) is 5.91 Å². The van der Waals surface area contributed by atoms with Gasteiger partial charge in [-0.05, 0) is 45.0 Å². The van der Waals surface area contributed by atoms with Crippen molar-refractivity contribution < 1.29 is 14.3 Å². The highest BCUT2D eigenvalue weighted by Crippen LogP contribution is 2.37. The van der Waals surface area contributed by atoms with Crippen molar-refractivity contribution in [3.8, 4) is 0 Å². The molecule has 27 heavy (non-hydrogen) atoms. The van der Waals surface area contributed by atoms with E-state index in [1.165, 1.54) is 28.7 Å². The molecule has 0 saturated heterocycles. The van der Waals surface area contributed by atoms with Crippen molar-refractivity contribution in [1.29, 1.82) is 0 Å². The third kappa shape index (κ3) is 4.91. The first-order chi connectivity index (χ1) is 13.0. The zero-order valence-corrected chi connectivity index (χ0v) is 17.5. The minimum atomic E-state index is -0.346. The number of hydrogen-bond acceptors (Lipinski definition) is 6. The van der Waals surface area contributed by atoms with Gasteiger partial charge in [-0.3, -0.25) is 4.79 Å². The summed E-state index contributed by atoms with van der Waals surface area (Å²) in [5, 5.41) is 3.56. The molecule has 0 radical (unpaired) electrons. The fraction of sp³-hybridized carbons (Fsp3) is 0.400. The maximum Gasteiger partial charge on any atom is 0.341 e. The van der Waals surface area contributed by atoms with Crippen molar-refractivity contribution in [2.75, 3.05) is 31.3 Å². The van der Waals surface area contributed by atoms with Gasteiger partial charge < -0.3 is 15.0 Å². The van der Waals surface area contributed by atoms with Crippen LogP contribution in [0.25, 0.3) is 0 Å². The number of likely N-dealkylation sites (N-methyl/N-ethyl adjacent to an activating group) is 1. The van der Waals surface area contributed by atoms with Crippen LogP contribution in [0.4, 0.5) is 5.00 Å². The summed E-state index contributed by atoms with van der Waals surface area (Å²) in [6.45, 7) is 5.84. The quantitative estimate of drug-likeness (QED) is 0.583. The molecule has 5 nitrogen and oxygen atoms in total. The number of hydrogen-bond donors (Lipinski definition) is 1. The molecule has 7 heteroatoms. The van der Waals surface area contributed by atoms with E-state index in [1.807, 2.05) is 31.2 Å². The van der Waals surface area contributed by atoms with Crippen LogP contribution in [-0.4, -0.2) is 42.7 Å². The Bertz CT molecular complexity index is 830. The van der Waals surface area contributed by atoms with Gasteiger partial charge >= 0.3 is 5.97 Å². The summed E-state index contributed by atoms with van der Waals surface area (Å²) in [6.07, 6.45) is 0.796. The molecule has 1 aromatic carbocycles. The first-order valence-corrected chi connectivity index (χ1v) is 10.8. The Morgan fingerprint density at radius 1 is 1.30 bits per heavy atom. The Kier molecular flexibility index (Phi) is 6.57. The molecule has 0 unspecified atom stereocenters. The minimum Gasteiger partial charge on any atom is -0.462 e. The van der Waals surface area contributed by atoms with Crippen LogP contribution in [-0.2, 0) is 22.5 Å². The van der Waals surface area contributed by atoms with E-state index in [-0.39, 0.29) is 11.9 Å². The molecule has 1 amide bonds. The third-order valence-corrected chi connectivity index (χ3v) is 6.52. The average Bonchev–Trinajstić information content (AvgIpc) is 2.98. The van der Waals surface area contributed by atoms with E-state index in [2.05, 4.69) is 17.3 Å². The molecule has 144 valence electrons. The van der Waals surface area contributed by atoms with Crippen LogP contribution >= 0.6 is 23.1 Å². The Morgan fingerprint density at radius 2 is 2.04 bits per heavy atom. The number of benzene rings is 1. The number of fused-ring (bicyclic) bond motifs is 1. The van der Waals surface area contributed by atoms with Crippen molar-refractivity contribution in [1.82, 2.24) is 4.90 Å². The van der Waals surface area contributed by atoms with Crippen LogP contribution in [0.1, 0.15) is 33.3 Å². The van der Waals surface area contributed by atoms with Gasteiger partial charge in [0.05, 0.1) is 17.9 Å². The highest BCUT2D eigenvalue weighted by molar-refractivity contribution is 8.00. The van der Waals surface area contributed by atoms with Gasteiger partial charge in [-0.15, -0.1) is 23.1 Å². The Hall–Kier alpha value is -1.83. The molecule has 2 aromatic rings. The van der Waals surface area contributed by atoms with Crippen molar-refractivity contribution in [3.05, 3.63) is 45.8 Å². The lowest BCUT2D eigenvalue weighted by atomic mass is 10.0. The number of nitrogens with one attached hydrogen (secondary N) is 1. The number of carbonyl (C=O) groups is 2. The van der Waals surface area contributed by atoms with Crippen LogP contribution in [0.5, 0.6) is 0 Å². The molecule has 0 spiro atoms. The van der Waals surface area contributed by atoms with Gasteiger partial charge in [0.25, 0.3) is 0 Å². The van der Waals surface area contributed by atoms with Crippen molar-refractivity contribution >= 4 is 40.0 Å². The highest BCUT2D eigenvalue weighted by Gasteiger charge is 2.28. The zero-order valence-electron chi connectivity index (χ0n) is 15.8. The molecule has 3 rings (SSSR count). The summed E-state index contributed by atoms with van der Waals surface area (Å²) < 4.78 is 5.24. The SMILES string of the molecule is CCOC(=O)c1c(NC(=O)CSc2ccc(C)cc2)sc2c1CCN(C)C2. The predicted molar refractivity (Wildman–Crippen MR) is 111 cm³/mol. The lowest BCUT2D eigenvalue weighted by Crippen LogP contribution is -2.26. The average molecular weight is 405 g/mol. The lowest BCUT2D eigenvalue weighted by molar-refractivity contribution is -0.113. The molecule has 0 bridgehead atoms. The molecule has 2 heterocycles. The predicted octanol–water partition coefficient (Wildman–Crippen LogP) is 3.95. The number of carbonyl (C=O) groups excluding carboxylic acids is 2. The first-order valence-electron chi connectivity index (χ1n) is 8.97. The summed E-state index contributed by atoms with van der Waals surface area (Å²) in [4.78, 5) is 29.4. The maximum absolute atomic E-state index is 12.5. The lowest BCUT2D eigenvalue weighted by Gasteiger charge is -2.22. The van der Waals surface area contributed by atoms with Crippen LogP contribution in [0.2, 0.25) is 0 Å². The van der Waals surface area contributed by atoms with Gasteiger partial charge in [0.15, 0.2) is 0 Å². The van der Waals surface area contributed by atoms with Crippen molar-refractivity contribution in [2.45, 2.75) is 31.7 Å². The number of anilines is 1. The molecule has 1 aliphatic heterocycles. The summed E-state index contributed by atoms with van der Waals surface area (Å²) in [5.41, 5.74) is 2.76. The van der Waals surface area contributed by atoms with E-state index in [0.29, 0.717) is 22.9 Å². The normalized spacial score (nSPS) is 13.9. The monoisotopic (exact) mass is 404 g/mol. The largest absolute Gasteiger partial charge is 0.462 e. The standard InChI is InChI=1S/C20H24N2O3S2/c1-4-25-20(24)18-15-9-10-22(3)11-16(15)27-19(18)21-17(23)12-26-14-7-5-13(2)6-8-14/h5-8H,4,9-12H2,1-3H3,(H,21,23). The first kappa shape index (κ1) is 19.9. The zero-order chi connectivity index (χ0) is 19.4. The van der Waals surface area contributed by atoms with Crippen LogP contribution < -0.4 is 5.32 Å². The number of ether oxygens (including phenoxy) is 1. The van der Waals surface area contributed by atoms with E-state index in [0.717, 1.165) is 34.8 Å². The second-order valence-electron chi connectivity index (χ2n) is 6.57. The van der Waals surface area contributed by atoms with Gasteiger partial charge in [-0.25, -0.2) is 4.79 Å². The Balaban J connectivity index is 1.73. The molecule has 0 saturated carbocycles. The van der Waals surface area contributed by atoms with E-state index in [9.17, 15) is 9.59 Å². The molecule has 0 atom stereocenters. The summed E-state index contributed by atoms with van der Waals surface area (Å²) >= 11 is 2.97. The summed E-state index contributed by atoms with van der Waals surface area (Å²) in [6, 6.07) is 8.08. The Labute approximate surface area is 168 Å². The fourth-order valence-electron chi connectivity index (χ4n) is 2.98. The number of rotatable bonds is 6. The molecule has 1 aromatic heterocycles. The highest BCUT2D eigenvalue weighted by atomic mass is 32.2. The molecule has 1 aliphatic rings. The number of aryl methyl sites for hydroxylation is 1. The summed E-state index contributed by atoms with van der Waals surface area (Å²) in [5.74, 6) is -0.160. The number of thioether (sulfide) groups is 1. The number of esters is 1. The van der Waals surface area contributed by atoms with E-state index in [1.54, 1.807) is 6.92 Å². The second-order valence-corrected chi connectivity index (χ2v) is 8.72. The van der Waals surface area contributed by atoms with Crippen LogP contribution in [0.3, 0.4) is 0 Å². The van der Waals surface area contributed by atoms with E-state index >= 15 is 0 Å². The topological polar surface area (TPSA) is 58.6 Å². The van der Waals surface area contributed by atoms with Gasteiger partial charge in [-0.2, -0.15) is 0 Å².